The average Bonchev–Trinajstić information content (AvgIpc) is 3.12. The summed E-state index contributed by atoms with van der Waals surface area (Å²) in [5.74, 6) is -1.88. The van der Waals surface area contributed by atoms with Crippen molar-refractivity contribution in [3.8, 4) is 5.75 Å². The Morgan fingerprint density at radius 1 is 0.868 bits per heavy atom. The quantitative estimate of drug-likeness (QED) is 0.231. The standard InChI is InChI=1S/C29H25ClN2O6/c1-4-15-37-28(35)19-9-13-22(14-10-19)32-26(33)24(30)25(27(32)34)31-21-11-7-20(8-12-21)29(36)38-23-16-17(2)5-6-18(23)3/h5-14,16,31H,4,15H2,1-3H3. The molecule has 0 bridgehead atoms. The maximum absolute atomic E-state index is 13.1. The fourth-order valence-electron chi connectivity index (χ4n) is 3.68. The van der Waals surface area contributed by atoms with Crippen molar-refractivity contribution >= 4 is 46.7 Å². The van der Waals surface area contributed by atoms with E-state index in [4.69, 9.17) is 21.1 Å². The van der Waals surface area contributed by atoms with Gasteiger partial charge in [-0.3, -0.25) is 9.59 Å². The van der Waals surface area contributed by atoms with Crippen molar-refractivity contribution in [2.24, 2.45) is 0 Å². The number of nitrogens with one attached hydrogen (secondary N) is 1. The molecule has 0 spiro atoms. The van der Waals surface area contributed by atoms with E-state index in [0.29, 0.717) is 35.6 Å². The molecule has 1 heterocycles. The second-order valence-electron chi connectivity index (χ2n) is 8.68. The third-order valence-electron chi connectivity index (χ3n) is 5.76. The van der Waals surface area contributed by atoms with Gasteiger partial charge in [-0.1, -0.05) is 30.7 Å². The average molecular weight is 533 g/mol. The van der Waals surface area contributed by atoms with Crippen molar-refractivity contribution in [1.29, 1.82) is 0 Å². The van der Waals surface area contributed by atoms with Crippen LogP contribution in [0.2, 0.25) is 0 Å². The first-order valence-corrected chi connectivity index (χ1v) is 12.3. The summed E-state index contributed by atoms with van der Waals surface area (Å²) in [5.41, 5.74) is 3.01. The Balaban J connectivity index is 1.45. The summed E-state index contributed by atoms with van der Waals surface area (Å²) < 4.78 is 10.6. The molecule has 38 heavy (non-hydrogen) atoms. The number of halogens is 1. The third kappa shape index (κ3) is 5.60. The molecular weight excluding hydrogens is 508 g/mol. The Bertz CT molecular complexity index is 1440. The highest BCUT2D eigenvalue weighted by molar-refractivity contribution is 6.53. The Morgan fingerprint density at radius 3 is 2.16 bits per heavy atom. The number of imide groups is 1. The molecular formula is C29H25ClN2O6. The van der Waals surface area contributed by atoms with Crippen molar-refractivity contribution < 1.29 is 28.7 Å². The lowest BCUT2D eigenvalue weighted by Gasteiger charge is -2.15. The molecule has 3 aromatic carbocycles. The smallest absolute Gasteiger partial charge is 0.343 e. The normalized spacial score (nSPS) is 13.1. The molecule has 8 nitrogen and oxygen atoms in total. The molecule has 2 amide bonds. The van der Waals surface area contributed by atoms with Crippen LogP contribution < -0.4 is 15.0 Å². The number of rotatable bonds is 8. The van der Waals surface area contributed by atoms with Crippen LogP contribution in [0, 0.1) is 13.8 Å². The van der Waals surface area contributed by atoms with Gasteiger partial charge in [-0.25, -0.2) is 14.5 Å². The van der Waals surface area contributed by atoms with Crippen molar-refractivity contribution in [2.75, 3.05) is 16.8 Å². The molecule has 1 aliphatic rings. The van der Waals surface area contributed by atoms with Gasteiger partial charge in [-0.2, -0.15) is 0 Å². The zero-order valence-electron chi connectivity index (χ0n) is 21.0. The first-order chi connectivity index (χ1) is 18.2. The predicted molar refractivity (Wildman–Crippen MR) is 143 cm³/mol. The van der Waals surface area contributed by atoms with Gasteiger partial charge in [0.1, 0.15) is 16.5 Å². The zero-order chi connectivity index (χ0) is 27.4. The highest BCUT2D eigenvalue weighted by atomic mass is 35.5. The predicted octanol–water partition coefficient (Wildman–Crippen LogP) is 5.53. The number of aryl methyl sites for hydroxylation is 2. The van der Waals surface area contributed by atoms with Crippen molar-refractivity contribution in [2.45, 2.75) is 27.2 Å². The van der Waals surface area contributed by atoms with Gasteiger partial charge in [-0.05, 0) is 86.0 Å². The van der Waals surface area contributed by atoms with E-state index in [1.807, 2.05) is 32.9 Å². The van der Waals surface area contributed by atoms with Crippen LogP contribution in [0.1, 0.15) is 45.2 Å². The van der Waals surface area contributed by atoms with E-state index >= 15 is 0 Å². The van der Waals surface area contributed by atoms with Crippen LogP contribution >= 0.6 is 11.6 Å². The number of anilines is 2. The zero-order valence-corrected chi connectivity index (χ0v) is 21.8. The van der Waals surface area contributed by atoms with Crippen LogP contribution in [0.15, 0.2) is 77.5 Å². The van der Waals surface area contributed by atoms with Crippen LogP contribution in [-0.2, 0) is 14.3 Å². The van der Waals surface area contributed by atoms with E-state index in [1.54, 1.807) is 30.3 Å². The molecule has 4 rings (SSSR count). The van der Waals surface area contributed by atoms with E-state index in [0.717, 1.165) is 16.0 Å². The Hall–Kier alpha value is -4.43. The molecule has 0 saturated carbocycles. The number of hydrogen-bond donors (Lipinski definition) is 1. The molecule has 0 radical (unpaired) electrons. The molecule has 194 valence electrons. The lowest BCUT2D eigenvalue weighted by Crippen LogP contribution is -2.32. The van der Waals surface area contributed by atoms with Gasteiger partial charge in [0.15, 0.2) is 0 Å². The Kier molecular flexibility index (Phi) is 7.93. The van der Waals surface area contributed by atoms with Gasteiger partial charge >= 0.3 is 11.9 Å². The van der Waals surface area contributed by atoms with E-state index in [1.165, 1.54) is 24.3 Å². The number of esters is 2. The fourth-order valence-corrected chi connectivity index (χ4v) is 3.89. The molecule has 3 aromatic rings. The van der Waals surface area contributed by atoms with Crippen LogP contribution in [0.4, 0.5) is 11.4 Å². The minimum atomic E-state index is -0.700. The highest BCUT2D eigenvalue weighted by Crippen LogP contribution is 2.30. The largest absolute Gasteiger partial charge is 0.462 e. The van der Waals surface area contributed by atoms with Gasteiger partial charge in [-0.15, -0.1) is 0 Å². The first-order valence-electron chi connectivity index (χ1n) is 11.9. The maximum Gasteiger partial charge on any atom is 0.343 e. The molecule has 0 fully saturated rings. The number of carbonyl (C=O) groups is 4. The lowest BCUT2D eigenvalue weighted by atomic mass is 10.1. The molecule has 0 aromatic heterocycles. The fraction of sp³-hybridized carbons (Fsp3) is 0.172. The molecule has 0 aliphatic carbocycles. The summed E-state index contributed by atoms with van der Waals surface area (Å²) in [5, 5.41) is 2.59. The van der Waals surface area contributed by atoms with Gasteiger partial charge in [0, 0.05) is 5.69 Å². The van der Waals surface area contributed by atoms with Crippen LogP contribution in [0.3, 0.4) is 0 Å². The number of benzene rings is 3. The number of carbonyl (C=O) groups excluding carboxylic acids is 4. The topological polar surface area (TPSA) is 102 Å². The van der Waals surface area contributed by atoms with E-state index in [2.05, 4.69) is 5.32 Å². The Labute approximate surface area is 224 Å². The number of hydrogen-bond acceptors (Lipinski definition) is 7. The summed E-state index contributed by atoms with van der Waals surface area (Å²) in [6.07, 6.45) is 0.695. The summed E-state index contributed by atoms with van der Waals surface area (Å²) in [7, 11) is 0. The Morgan fingerprint density at radius 2 is 1.50 bits per heavy atom. The second kappa shape index (κ2) is 11.3. The molecule has 0 unspecified atom stereocenters. The van der Waals surface area contributed by atoms with Gasteiger partial charge in [0.2, 0.25) is 0 Å². The number of nitrogens with zero attached hydrogens (tertiary/aromatic N) is 1. The SMILES string of the molecule is CCCOC(=O)c1ccc(N2C(=O)C(Cl)=C(Nc3ccc(C(=O)Oc4cc(C)ccc4C)cc3)C2=O)cc1. The monoisotopic (exact) mass is 532 g/mol. The van der Waals surface area contributed by atoms with Gasteiger partial charge in [0.05, 0.1) is 23.4 Å². The highest BCUT2D eigenvalue weighted by Gasteiger charge is 2.39. The molecule has 1 N–H and O–H groups in total. The minimum absolute atomic E-state index is 0.103. The summed E-state index contributed by atoms with van der Waals surface area (Å²) >= 11 is 6.21. The van der Waals surface area contributed by atoms with E-state index in [9.17, 15) is 19.2 Å². The van der Waals surface area contributed by atoms with Crippen LogP contribution in [0.5, 0.6) is 5.75 Å². The molecule has 0 atom stereocenters. The third-order valence-corrected chi connectivity index (χ3v) is 6.11. The van der Waals surface area contributed by atoms with E-state index in [-0.39, 0.29) is 16.4 Å². The van der Waals surface area contributed by atoms with E-state index < -0.39 is 23.8 Å². The molecule has 1 aliphatic heterocycles. The van der Waals surface area contributed by atoms with Gasteiger partial charge in [0.25, 0.3) is 11.8 Å². The van der Waals surface area contributed by atoms with Crippen LogP contribution in [0.25, 0.3) is 0 Å². The number of amides is 2. The van der Waals surface area contributed by atoms with Gasteiger partial charge < -0.3 is 14.8 Å². The molecule has 9 heteroatoms. The van der Waals surface area contributed by atoms with Crippen molar-refractivity contribution in [3.63, 3.8) is 0 Å². The summed E-state index contributed by atoms with van der Waals surface area (Å²) in [6, 6.07) is 17.7. The maximum atomic E-state index is 13.1. The second-order valence-corrected chi connectivity index (χ2v) is 9.06. The lowest BCUT2D eigenvalue weighted by molar-refractivity contribution is -0.120. The number of ether oxygens (including phenoxy) is 2. The van der Waals surface area contributed by atoms with Crippen molar-refractivity contribution in [1.82, 2.24) is 0 Å². The summed E-state index contributed by atoms with van der Waals surface area (Å²) in [4.78, 5) is 51.4. The first kappa shape index (κ1) is 26.6. The molecule has 0 saturated heterocycles. The van der Waals surface area contributed by atoms with Crippen molar-refractivity contribution in [3.05, 3.63) is 99.7 Å². The van der Waals surface area contributed by atoms with Crippen LogP contribution in [-0.4, -0.2) is 30.4 Å². The summed E-state index contributed by atoms with van der Waals surface area (Å²) in [6.45, 7) is 5.95. The minimum Gasteiger partial charge on any atom is -0.462 e.